The molecule has 1 aromatic carbocycles. The highest BCUT2D eigenvalue weighted by Crippen LogP contribution is 2.31. The molecule has 11 heteroatoms. The van der Waals surface area contributed by atoms with Gasteiger partial charge in [-0.2, -0.15) is 24.8 Å². The summed E-state index contributed by atoms with van der Waals surface area (Å²) in [6.07, 6.45) is 7.21. The van der Waals surface area contributed by atoms with Crippen molar-refractivity contribution < 1.29 is 9.59 Å². The van der Waals surface area contributed by atoms with E-state index in [0.717, 1.165) is 38.8 Å². The number of fused-ring (bicyclic) bond motifs is 1. The molecule has 0 spiro atoms. The highest BCUT2D eigenvalue weighted by molar-refractivity contribution is 6.14. The van der Waals surface area contributed by atoms with Crippen LogP contribution in [-0.2, 0) is 4.79 Å². The monoisotopic (exact) mass is 469 g/mol. The molecule has 4 heterocycles. The summed E-state index contributed by atoms with van der Waals surface area (Å²) < 4.78 is 1.64. The van der Waals surface area contributed by atoms with Crippen molar-refractivity contribution in [1.29, 1.82) is 5.26 Å². The molecule has 3 N–H and O–H groups in total. The van der Waals surface area contributed by atoms with Crippen LogP contribution in [0.15, 0.2) is 36.2 Å². The summed E-state index contributed by atoms with van der Waals surface area (Å²) in [5.41, 5.74) is 3.20. The van der Waals surface area contributed by atoms with Gasteiger partial charge >= 0.3 is 6.03 Å². The van der Waals surface area contributed by atoms with E-state index in [2.05, 4.69) is 38.1 Å². The Kier molecular flexibility index (Phi) is 5.06. The molecule has 0 bridgehead atoms. The molecule has 0 unspecified atom stereocenters. The first kappa shape index (κ1) is 21.1. The van der Waals surface area contributed by atoms with E-state index in [0.29, 0.717) is 40.6 Å². The van der Waals surface area contributed by atoms with Crippen LogP contribution in [0.1, 0.15) is 48.3 Å². The SMILES string of the molecule is N#Cc1cccc(C2CCN(c3nc(NC4CC4)n4ncc(/C=C5\NC(=O)NC5=O)c4n3)CC2)c1. The summed E-state index contributed by atoms with van der Waals surface area (Å²) in [6.45, 7) is 1.56. The molecule has 2 aromatic heterocycles. The average molecular weight is 470 g/mol. The van der Waals surface area contributed by atoms with Gasteiger partial charge in [0.25, 0.3) is 5.91 Å². The van der Waals surface area contributed by atoms with E-state index in [1.54, 1.807) is 16.8 Å². The molecular weight excluding hydrogens is 446 g/mol. The van der Waals surface area contributed by atoms with Crippen molar-refractivity contribution in [2.75, 3.05) is 23.3 Å². The third-order valence-corrected chi connectivity index (χ3v) is 6.58. The molecule has 2 saturated heterocycles. The number of nitrogens with one attached hydrogen (secondary N) is 3. The topological polar surface area (TPSA) is 140 Å². The third-order valence-electron chi connectivity index (χ3n) is 6.58. The van der Waals surface area contributed by atoms with E-state index in [4.69, 9.17) is 9.97 Å². The number of benzene rings is 1. The predicted molar refractivity (Wildman–Crippen MR) is 127 cm³/mol. The number of piperidine rings is 1. The van der Waals surface area contributed by atoms with Gasteiger partial charge < -0.3 is 15.5 Å². The van der Waals surface area contributed by atoms with Gasteiger partial charge in [-0.1, -0.05) is 12.1 Å². The summed E-state index contributed by atoms with van der Waals surface area (Å²) in [7, 11) is 0. The lowest BCUT2D eigenvalue weighted by Gasteiger charge is -2.32. The first-order valence-electron chi connectivity index (χ1n) is 11.7. The number of imide groups is 1. The second-order valence-electron chi connectivity index (χ2n) is 9.07. The minimum absolute atomic E-state index is 0.155. The van der Waals surface area contributed by atoms with Crippen molar-refractivity contribution in [1.82, 2.24) is 30.2 Å². The zero-order valence-corrected chi connectivity index (χ0v) is 18.9. The maximum atomic E-state index is 12.0. The Balaban J connectivity index is 1.30. The standard InChI is InChI=1S/C24H23N9O2/c25-12-14-2-1-3-16(10-14)15-6-8-32(9-7-15)22-29-20-17(11-19-21(34)30-24(35)28-19)13-26-33(20)23(31-22)27-18-4-5-18/h1-3,10-11,13,15,18H,4-9H2,(H,27,29,31)(H2,28,30,34,35)/b19-11-. The van der Waals surface area contributed by atoms with Crippen molar-refractivity contribution >= 4 is 35.6 Å². The molecule has 2 aliphatic heterocycles. The van der Waals surface area contributed by atoms with E-state index < -0.39 is 11.9 Å². The van der Waals surface area contributed by atoms with Gasteiger partial charge in [0.2, 0.25) is 11.9 Å². The molecule has 3 aromatic rings. The zero-order chi connectivity index (χ0) is 23.9. The quantitative estimate of drug-likeness (QED) is 0.381. The van der Waals surface area contributed by atoms with Gasteiger partial charge in [-0.05, 0) is 55.4 Å². The molecule has 1 aliphatic carbocycles. The van der Waals surface area contributed by atoms with Crippen LogP contribution in [0.2, 0.25) is 0 Å². The van der Waals surface area contributed by atoms with Crippen LogP contribution in [0, 0.1) is 11.3 Å². The number of nitrogens with zero attached hydrogens (tertiary/aromatic N) is 6. The average Bonchev–Trinajstić information content (AvgIpc) is 3.52. The molecule has 1 saturated carbocycles. The first-order valence-corrected chi connectivity index (χ1v) is 11.7. The van der Waals surface area contributed by atoms with Crippen molar-refractivity contribution in [3.63, 3.8) is 0 Å². The van der Waals surface area contributed by atoms with Gasteiger partial charge in [0.15, 0.2) is 5.65 Å². The van der Waals surface area contributed by atoms with Crippen molar-refractivity contribution in [2.24, 2.45) is 0 Å². The fourth-order valence-electron chi connectivity index (χ4n) is 4.54. The number of amides is 3. The number of anilines is 2. The molecule has 0 atom stereocenters. The Morgan fingerprint density at radius 2 is 1.94 bits per heavy atom. The number of hydrogen-bond acceptors (Lipinski definition) is 8. The molecule has 6 rings (SSSR count). The van der Waals surface area contributed by atoms with E-state index in [9.17, 15) is 14.9 Å². The molecule has 3 amide bonds. The lowest BCUT2D eigenvalue weighted by molar-refractivity contribution is -0.115. The summed E-state index contributed by atoms with van der Waals surface area (Å²) in [5, 5.41) is 21.8. The van der Waals surface area contributed by atoms with Gasteiger partial charge in [0.1, 0.15) is 5.70 Å². The van der Waals surface area contributed by atoms with Gasteiger partial charge in [-0.3, -0.25) is 10.1 Å². The highest BCUT2D eigenvalue weighted by atomic mass is 16.2. The fraction of sp³-hybridized carbons (Fsp3) is 0.333. The Bertz CT molecular complexity index is 1410. The van der Waals surface area contributed by atoms with Gasteiger partial charge in [0.05, 0.1) is 17.8 Å². The molecule has 35 heavy (non-hydrogen) atoms. The van der Waals surface area contributed by atoms with E-state index in [1.807, 2.05) is 18.2 Å². The third kappa shape index (κ3) is 4.14. The summed E-state index contributed by atoms with van der Waals surface area (Å²) >= 11 is 0. The second-order valence-corrected chi connectivity index (χ2v) is 9.07. The summed E-state index contributed by atoms with van der Waals surface area (Å²) in [4.78, 5) is 35.3. The molecule has 3 aliphatic rings. The van der Waals surface area contributed by atoms with Crippen LogP contribution < -0.4 is 20.9 Å². The molecule has 176 valence electrons. The fourth-order valence-corrected chi connectivity index (χ4v) is 4.54. The molecule has 0 radical (unpaired) electrons. The lowest BCUT2D eigenvalue weighted by atomic mass is 9.89. The maximum Gasteiger partial charge on any atom is 0.326 e. The Hall–Kier alpha value is -4.46. The minimum Gasteiger partial charge on any atom is -0.351 e. The van der Waals surface area contributed by atoms with Crippen molar-refractivity contribution in [3.05, 3.63) is 52.8 Å². The number of aromatic nitrogens is 4. The smallest absolute Gasteiger partial charge is 0.326 e. The summed E-state index contributed by atoms with van der Waals surface area (Å²) in [5.74, 6) is 1.11. The Labute approximate surface area is 200 Å². The molecular formula is C24H23N9O2. The highest BCUT2D eigenvalue weighted by Gasteiger charge is 2.28. The van der Waals surface area contributed by atoms with Crippen molar-refractivity contribution in [2.45, 2.75) is 37.6 Å². The number of carbonyl (C=O) groups excluding carboxylic acids is 2. The number of urea groups is 1. The van der Waals surface area contributed by atoms with E-state index >= 15 is 0 Å². The van der Waals surface area contributed by atoms with Crippen LogP contribution in [0.5, 0.6) is 0 Å². The Morgan fingerprint density at radius 3 is 2.66 bits per heavy atom. The van der Waals surface area contributed by atoms with Crippen LogP contribution in [0.3, 0.4) is 0 Å². The first-order chi connectivity index (χ1) is 17.1. The minimum atomic E-state index is -0.549. The number of nitriles is 1. The molecule has 11 nitrogen and oxygen atoms in total. The van der Waals surface area contributed by atoms with Gasteiger partial charge in [0, 0.05) is 24.7 Å². The summed E-state index contributed by atoms with van der Waals surface area (Å²) in [6, 6.07) is 9.87. The van der Waals surface area contributed by atoms with Gasteiger partial charge in [-0.25, -0.2) is 4.79 Å². The number of carbonyl (C=O) groups is 2. The van der Waals surface area contributed by atoms with Crippen LogP contribution >= 0.6 is 0 Å². The van der Waals surface area contributed by atoms with E-state index in [-0.39, 0.29) is 5.70 Å². The van der Waals surface area contributed by atoms with E-state index in [1.165, 1.54) is 5.56 Å². The Morgan fingerprint density at radius 1 is 1.11 bits per heavy atom. The zero-order valence-electron chi connectivity index (χ0n) is 18.9. The predicted octanol–water partition coefficient (Wildman–Crippen LogP) is 2.13. The van der Waals surface area contributed by atoms with Crippen LogP contribution in [-0.4, -0.2) is 50.7 Å². The number of rotatable bonds is 5. The normalized spacial score (nSPS) is 19.6. The van der Waals surface area contributed by atoms with Crippen LogP contribution in [0.25, 0.3) is 11.7 Å². The van der Waals surface area contributed by atoms with Crippen LogP contribution in [0.4, 0.5) is 16.7 Å². The molecule has 3 fully saturated rings. The largest absolute Gasteiger partial charge is 0.351 e. The van der Waals surface area contributed by atoms with Gasteiger partial charge in [-0.15, -0.1) is 0 Å². The maximum absolute atomic E-state index is 12.0. The van der Waals surface area contributed by atoms with Crippen molar-refractivity contribution in [3.8, 4) is 6.07 Å². The lowest BCUT2D eigenvalue weighted by Crippen LogP contribution is -2.34. The second kappa shape index (κ2) is 8.39. The number of hydrogen-bond donors (Lipinski definition) is 3.